The molecule has 1 atom stereocenters. The molecular weight excluding hydrogens is 394 g/mol. The lowest BCUT2D eigenvalue weighted by molar-refractivity contribution is -0.136. The number of nitrogens with two attached hydrogens (primary N) is 1. The summed E-state index contributed by atoms with van der Waals surface area (Å²) >= 11 is 0. The van der Waals surface area contributed by atoms with Crippen LogP contribution in [0.4, 0.5) is 8.78 Å². The average molecular weight is 418 g/mol. The monoisotopic (exact) mass is 418 g/mol. The third kappa shape index (κ3) is 5.25. The number of hydrogen-bond acceptors (Lipinski definition) is 4. The number of halogens is 2. The van der Waals surface area contributed by atoms with Crippen LogP contribution in [0, 0.1) is 17.6 Å². The molecular formula is C22H24F2N2O4. The Kier molecular flexibility index (Phi) is 6.87. The van der Waals surface area contributed by atoms with Crippen LogP contribution in [0.1, 0.15) is 19.3 Å². The van der Waals surface area contributed by atoms with Crippen molar-refractivity contribution in [1.29, 1.82) is 0 Å². The van der Waals surface area contributed by atoms with Crippen LogP contribution in [0.5, 0.6) is 11.5 Å². The molecule has 0 bridgehead atoms. The van der Waals surface area contributed by atoms with E-state index >= 15 is 0 Å². The van der Waals surface area contributed by atoms with Crippen LogP contribution in [0.15, 0.2) is 36.4 Å². The molecule has 2 aromatic rings. The van der Waals surface area contributed by atoms with Crippen LogP contribution in [0.3, 0.4) is 0 Å². The number of carbonyl (C=O) groups excluding carboxylic acids is 2. The van der Waals surface area contributed by atoms with E-state index in [4.69, 9.17) is 15.2 Å². The molecule has 0 radical (unpaired) electrons. The van der Waals surface area contributed by atoms with Gasteiger partial charge in [-0.25, -0.2) is 8.78 Å². The van der Waals surface area contributed by atoms with Gasteiger partial charge in [0.05, 0.1) is 13.7 Å². The van der Waals surface area contributed by atoms with Gasteiger partial charge in [0.2, 0.25) is 11.8 Å². The molecule has 2 amide bonds. The number of amides is 2. The SMILES string of the molecule is COc1cc(F)c(F)cc1-c1ccc(OCC2CCCN(C(=O)CC(N)=O)C2)cc1. The zero-order chi connectivity index (χ0) is 21.7. The van der Waals surface area contributed by atoms with Gasteiger partial charge < -0.3 is 20.1 Å². The summed E-state index contributed by atoms with van der Waals surface area (Å²) in [4.78, 5) is 24.6. The highest BCUT2D eigenvalue weighted by molar-refractivity contribution is 5.96. The molecule has 2 N–H and O–H groups in total. The minimum atomic E-state index is -0.966. The van der Waals surface area contributed by atoms with Gasteiger partial charge in [-0.1, -0.05) is 12.1 Å². The maximum Gasteiger partial charge on any atom is 0.232 e. The number of rotatable bonds is 7. The summed E-state index contributed by atoms with van der Waals surface area (Å²) in [6.45, 7) is 1.57. The molecule has 3 rings (SSSR count). The number of likely N-dealkylation sites (tertiary alicyclic amines) is 1. The molecule has 1 unspecified atom stereocenters. The van der Waals surface area contributed by atoms with Gasteiger partial charge >= 0.3 is 0 Å². The Morgan fingerprint density at radius 1 is 1.17 bits per heavy atom. The minimum absolute atomic E-state index is 0.154. The normalized spacial score (nSPS) is 16.2. The summed E-state index contributed by atoms with van der Waals surface area (Å²) < 4.78 is 38.1. The van der Waals surface area contributed by atoms with E-state index in [9.17, 15) is 18.4 Å². The fraction of sp³-hybridized carbons (Fsp3) is 0.364. The van der Waals surface area contributed by atoms with Crippen LogP contribution in [0.2, 0.25) is 0 Å². The van der Waals surface area contributed by atoms with E-state index in [2.05, 4.69) is 0 Å². The largest absolute Gasteiger partial charge is 0.496 e. The first-order valence-corrected chi connectivity index (χ1v) is 9.69. The molecule has 1 aliphatic heterocycles. The highest BCUT2D eigenvalue weighted by Crippen LogP contribution is 2.33. The lowest BCUT2D eigenvalue weighted by Gasteiger charge is -2.32. The number of methoxy groups -OCH3 is 1. The van der Waals surface area contributed by atoms with Crippen LogP contribution >= 0.6 is 0 Å². The van der Waals surface area contributed by atoms with Gasteiger partial charge in [-0.3, -0.25) is 9.59 Å². The molecule has 2 aromatic carbocycles. The number of carbonyl (C=O) groups is 2. The molecule has 0 aromatic heterocycles. The number of nitrogens with zero attached hydrogens (tertiary/aromatic N) is 1. The third-order valence-corrected chi connectivity index (χ3v) is 5.09. The molecule has 0 saturated carbocycles. The predicted octanol–water partition coefficient (Wildman–Crippen LogP) is 3.13. The Morgan fingerprint density at radius 3 is 2.53 bits per heavy atom. The fourth-order valence-electron chi connectivity index (χ4n) is 3.56. The third-order valence-electron chi connectivity index (χ3n) is 5.09. The van der Waals surface area contributed by atoms with Crippen LogP contribution < -0.4 is 15.2 Å². The van der Waals surface area contributed by atoms with E-state index in [-0.39, 0.29) is 24.0 Å². The standard InChI is InChI=1S/C22H24F2N2O4/c1-29-20-10-19(24)18(23)9-17(20)15-4-6-16(7-5-15)30-13-14-3-2-8-26(12-14)22(28)11-21(25)27/h4-7,9-10,14H,2-3,8,11-13H2,1H3,(H2,25,27). The van der Waals surface area contributed by atoms with E-state index in [1.807, 2.05) is 0 Å². The van der Waals surface area contributed by atoms with Crippen molar-refractivity contribution in [2.45, 2.75) is 19.3 Å². The first kappa shape index (κ1) is 21.5. The highest BCUT2D eigenvalue weighted by atomic mass is 19.2. The van der Waals surface area contributed by atoms with Crippen molar-refractivity contribution in [1.82, 2.24) is 4.90 Å². The van der Waals surface area contributed by atoms with Crippen molar-refractivity contribution in [3.63, 3.8) is 0 Å². The van der Waals surface area contributed by atoms with Gasteiger partial charge in [0.25, 0.3) is 0 Å². The Hall–Kier alpha value is -3.16. The number of primary amides is 1. The first-order valence-electron chi connectivity index (χ1n) is 9.69. The van der Waals surface area contributed by atoms with Crippen LogP contribution in [-0.2, 0) is 9.59 Å². The van der Waals surface area contributed by atoms with Gasteiger partial charge in [-0.2, -0.15) is 0 Å². The predicted molar refractivity (Wildman–Crippen MR) is 107 cm³/mol. The van der Waals surface area contributed by atoms with Gasteiger partial charge in [-0.05, 0) is 36.6 Å². The van der Waals surface area contributed by atoms with E-state index in [0.717, 1.165) is 25.0 Å². The van der Waals surface area contributed by atoms with E-state index in [1.165, 1.54) is 7.11 Å². The summed E-state index contributed by atoms with van der Waals surface area (Å²) in [6.07, 6.45) is 1.49. The summed E-state index contributed by atoms with van der Waals surface area (Å²) in [7, 11) is 1.40. The topological polar surface area (TPSA) is 81.9 Å². The summed E-state index contributed by atoms with van der Waals surface area (Å²) in [5.74, 6) is -1.77. The number of hydrogen-bond donors (Lipinski definition) is 1. The molecule has 30 heavy (non-hydrogen) atoms. The van der Waals surface area contributed by atoms with Crippen molar-refractivity contribution in [2.24, 2.45) is 11.7 Å². The Morgan fingerprint density at radius 2 is 1.87 bits per heavy atom. The van der Waals surface area contributed by atoms with Gasteiger partial charge in [0.15, 0.2) is 11.6 Å². The molecule has 1 saturated heterocycles. The van der Waals surface area contributed by atoms with Gasteiger partial charge in [-0.15, -0.1) is 0 Å². The maximum absolute atomic E-state index is 13.6. The Labute approximate surface area is 173 Å². The summed E-state index contributed by atoms with van der Waals surface area (Å²) in [5, 5.41) is 0. The minimum Gasteiger partial charge on any atom is -0.496 e. The summed E-state index contributed by atoms with van der Waals surface area (Å²) in [5.41, 5.74) is 6.21. The fourth-order valence-corrected chi connectivity index (χ4v) is 3.56. The molecule has 1 aliphatic rings. The van der Waals surface area contributed by atoms with Crippen molar-refractivity contribution in [3.8, 4) is 22.6 Å². The van der Waals surface area contributed by atoms with Crippen molar-refractivity contribution in [3.05, 3.63) is 48.0 Å². The van der Waals surface area contributed by atoms with E-state index < -0.39 is 17.5 Å². The zero-order valence-electron chi connectivity index (χ0n) is 16.7. The average Bonchev–Trinajstić information content (AvgIpc) is 2.74. The Bertz CT molecular complexity index is 918. The molecule has 0 spiro atoms. The van der Waals surface area contributed by atoms with Crippen molar-refractivity contribution < 1.29 is 27.8 Å². The Balaban J connectivity index is 1.61. The molecule has 8 heteroatoms. The second-order valence-electron chi connectivity index (χ2n) is 7.29. The van der Waals surface area contributed by atoms with E-state index in [1.54, 1.807) is 29.2 Å². The zero-order valence-corrected chi connectivity index (χ0v) is 16.7. The molecule has 160 valence electrons. The van der Waals surface area contributed by atoms with Crippen molar-refractivity contribution >= 4 is 11.8 Å². The number of benzene rings is 2. The molecule has 1 fully saturated rings. The molecule has 6 nitrogen and oxygen atoms in total. The highest BCUT2D eigenvalue weighted by Gasteiger charge is 2.25. The van der Waals surface area contributed by atoms with Crippen LogP contribution in [0.25, 0.3) is 11.1 Å². The maximum atomic E-state index is 13.6. The van der Waals surface area contributed by atoms with Gasteiger partial charge in [0.1, 0.15) is 17.9 Å². The lowest BCUT2D eigenvalue weighted by atomic mass is 9.98. The van der Waals surface area contributed by atoms with Crippen molar-refractivity contribution in [2.75, 3.05) is 26.8 Å². The van der Waals surface area contributed by atoms with Gasteiger partial charge in [0, 0.05) is 30.6 Å². The summed E-state index contributed by atoms with van der Waals surface area (Å²) in [6, 6.07) is 9.10. The quantitative estimate of drug-likeness (QED) is 0.701. The lowest BCUT2D eigenvalue weighted by Crippen LogP contribution is -2.42. The number of piperidine rings is 1. The second-order valence-corrected chi connectivity index (χ2v) is 7.29. The first-order chi connectivity index (χ1) is 14.4. The second kappa shape index (κ2) is 9.56. The number of ether oxygens (including phenoxy) is 2. The molecule has 1 heterocycles. The molecule has 0 aliphatic carbocycles. The van der Waals surface area contributed by atoms with Crippen LogP contribution in [-0.4, -0.2) is 43.5 Å². The smallest absolute Gasteiger partial charge is 0.232 e. The van der Waals surface area contributed by atoms with E-state index in [0.29, 0.717) is 36.6 Å².